The number of nitrogens with two attached hydrogens (primary N) is 1. The fourth-order valence-electron chi connectivity index (χ4n) is 3.35. The molecule has 1 heterocycles. The van der Waals surface area contributed by atoms with Crippen LogP contribution in [-0.2, 0) is 4.79 Å². The van der Waals surface area contributed by atoms with Gasteiger partial charge >= 0.3 is 0 Å². The maximum atomic E-state index is 12.2. The smallest absolute Gasteiger partial charge is 0.225 e. The first-order valence-corrected chi connectivity index (χ1v) is 9.91. The summed E-state index contributed by atoms with van der Waals surface area (Å²) in [7, 11) is 0. The van der Waals surface area contributed by atoms with Gasteiger partial charge in [-0.05, 0) is 48.9 Å². The summed E-state index contributed by atoms with van der Waals surface area (Å²) in [5.74, 6) is 0.798. The molecule has 0 spiro atoms. The van der Waals surface area contributed by atoms with Crippen LogP contribution in [0.5, 0.6) is 5.75 Å². The molecule has 3 rings (SSSR count). The van der Waals surface area contributed by atoms with Crippen LogP contribution in [0.25, 0.3) is 0 Å². The Balaban J connectivity index is 1.38. The Morgan fingerprint density at radius 3 is 2.54 bits per heavy atom. The molecule has 0 aliphatic carbocycles. The largest absolute Gasteiger partial charge is 0.492 e. The first-order valence-electron chi connectivity index (χ1n) is 9.91. The number of rotatable bonds is 8. The topological polar surface area (TPSA) is 70.8 Å². The van der Waals surface area contributed by atoms with Crippen LogP contribution in [0.1, 0.15) is 12.0 Å². The number of ether oxygens (including phenoxy) is 1. The number of carbonyl (C=O) groups excluding carboxylic acids is 1. The summed E-state index contributed by atoms with van der Waals surface area (Å²) in [6, 6.07) is 16.0. The number of nitrogens with zero attached hydrogens (tertiary/aromatic N) is 2. The van der Waals surface area contributed by atoms with E-state index in [0.717, 1.165) is 44.2 Å². The van der Waals surface area contributed by atoms with Crippen molar-refractivity contribution in [1.82, 2.24) is 4.90 Å². The van der Waals surface area contributed by atoms with Gasteiger partial charge in [-0.3, -0.25) is 9.69 Å². The van der Waals surface area contributed by atoms with E-state index in [9.17, 15) is 4.79 Å². The molecule has 2 aromatic carbocycles. The zero-order chi connectivity index (χ0) is 19.8. The van der Waals surface area contributed by atoms with E-state index in [2.05, 4.69) is 46.3 Å². The lowest BCUT2D eigenvalue weighted by Gasteiger charge is -2.36. The van der Waals surface area contributed by atoms with E-state index >= 15 is 0 Å². The van der Waals surface area contributed by atoms with Gasteiger partial charge in [-0.25, -0.2) is 0 Å². The minimum Gasteiger partial charge on any atom is -0.492 e. The molecule has 0 aromatic heterocycles. The van der Waals surface area contributed by atoms with Crippen molar-refractivity contribution in [3.63, 3.8) is 0 Å². The van der Waals surface area contributed by atoms with Crippen molar-refractivity contribution < 1.29 is 9.53 Å². The molecule has 6 nitrogen and oxygen atoms in total. The number of carbonyl (C=O) groups is 1. The Morgan fingerprint density at radius 2 is 1.86 bits per heavy atom. The summed E-state index contributed by atoms with van der Waals surface area (Å²) < 4.78 is 5.44. The Morgan fingerprint density at radius 1 is 1.11 bits per heavy atom. The Hall–Kier alpha value is -2.57. The SMILES string of the molecule is Cc1cccc(N2CCN(CCC(=O)Nc3ccc(OCCN)cc3)CC2)c1. The van der Waals surface area contributed by atoms with Crippen LogP contribution in [0.2, 0.25) is 0 Å². The van der Waals surface area contributed by atoms with E-state index in [1.54, 1.807) is 0 Å². The van der Waals surface area contributed by atoms with Crippen molar-refractivity contribution in [2.75, 3.05) is 56.1 Å². The fraction of sp³-hybridized carbons (Fsp3) is 0.409. The second-order valence-electron chi connectivity index (χ2n) is 7.13. The molecule has 1 amide bonds. The van der Waals surface area contributed by atoms with Crippen LogP contribution in [-0.4, -0.2) is 56.7 Å². The summed E-state index contributed by atoms with van der Waals surface area (Å²) >= 11 is 0. The summed E-state index contributed by atoms with van der Waals surface area (Å²) in [5.41, 5.74) is 8.78. The van der Waals surface area contributed by atoms with Crippen molar-refractivity contribution >= 4 is 17.3 Å². The number of benzene rings is 2. The lowest BCUT2D eigenvalue weighted by Crippen LogP contribution is -2.47. The molecule has 0 bridgehead atoms. The van der Waals surface area contributed by atoms with Gasteiger partial charge in [0.2, 0.25) is 5.91 Å². The average Bonchev–Trinajstić information content (AvgIpc) is 2.72. The van der Waals surface area contributed by atoms with Crippen molar-refractivity contribution in [3.05, 3.63) is 54.1 Å². The third kappa shape index (κ3) is 5.97. The molecule has 1 saturated heterocycles. The number of amides is 1. The summed E-state index contributed by atoms with van der Waals surface area (Å²) in [6.07, 6.45) is 0.496. The number of nitrogens with one attached hydrogen (secondary N) is 1. The molecular weight excluding hydrogens is 352 g/mol. The normalized spacial score (nSPS) is 14.7. The molecule has 0 atom stereocenters. The van der Waals surface area contributed by atoms with Gasteiger partial charge in [0.15, 0.2) is 0 Å². The van der Waals surface area contributed by atoms with Crippen molar-refractivity contribution in [3.8, 4) is 5.75 Å². The number of hydrogen-bond donors (Lipinski definition) is 2. The fourth-order valence-corrected chi connectivity index (χ4v) is 3.35. The predicted molar refractivity (Wildman–Crippen MR) is 114 cm³/mol. The first kappa shape index (κ1) is 20.2. The van der Waals surface area contributed by atoms with Gasteiger partial charge in [-0.1, -0.05) is 12.1 Å². The summed E-state index contributed by atoms with van der Waals surface area (Å²) in [4.78, 5) is 17.0. The number of piperazine rings is 1. The number of aryl methyl sites for hydroxylation is 1. The van der Waals surface area contributed by atoms with E-state index in [0.29, 0.717) is 19.6 Å². The highest BCUT2D eigenvalue weighted by Gasteiger charge is 2.17. The lowest BCUT2D eigenvalue weighted by molar-refractivity contribution is -0.116. The third-order valence-corrected chi connectivity index (χ3v) is 4.92. The Kier molecular flexibility index (Phi) is 7.28. The molecule has 1 aliphatic rings. The molecule has 6 heteroatoms. The molecule has 0 radical (unpaired) electrons. The molecule has 150 valence electrons. The van der Waals surface area contributed by atoms with Gasteiger partial charge in [0.1, 0.15) is 12.4 Å². The highest BCUT2D eigenvalue weighted by atomic mass is 16.5. The van der Waals surface area contributed by atoms with Crippen molar-refractivity contribution in [1.29, 1.82) is 0 Å². The highest BCUT2D eigenvalue weighted by Crippen LogP contribution is 2.18. The maximum Gasteiger partial charge on any atom is 0.225 e. The highest BCUT2D eigenvalue weighted by molar-refractivity contribution is 5.90. The second kappa shape index (κ2) is 10.1. The van der Waals surface area contributed by atoms with Crippen LogP contribution in [0.15, 0.2) is 48.5 Å². The molecule has 1 fully saturated rings. The molecule has 1 aliphatic heterocycles. The number of anilines is 2. The van der Waals surface area contributed by atoms with Gasteiger partial charge in [0.25, 0.3) is 0 Å². The number of hydrogen-bond acceptors (Lipinski definition) is 5. The van der Waals surface area contributed by atoms with Crippen LogP contribution < -0.4 is 20.7 Å². The third-order valence-electron chi connectivity index (χ3n) is 4.92. The molecule has 28 heavy (non-hydrogen) atoms. The van der Waals surface area contributed by atoms with Gasteiger partial charge < -0.3 is 20.7 Å². The molecule has 0 unspecified atom stereocenters. The Bertz CT molecular complexity index is 755. The second-order valence-corrected chi connectivity index (χ2v) is 7.13. The van der Waals surface area contributed by atoms with Gasteiger partial charge in [0.05, 0.1) is 0 Å². The zero-order valence-corrected chi connectivity index (χ0v) is 16.6. The minimum absolute atomic E-state index is 0.0386. The first-order chi connectivity index (χ1) is 13.6. The van der Waals surface area contributed by atoms with E-state index in [-0.39, 0.29) is 5.91 Å². The van der Waals surface area contributed by atoms with E-state index in [1.807, 2.05) is 24.3 Å². The molecule has 0 saturated carbocycles. The van der Waals surface area contributed by atoms with Crippen LogP contribution >= 0.6 is 0 Å². The summed E-state index contributed by atoms with van der Waals surface area (Å²) in [5, 5.41) is 2.95. The van der Waals surface area contributed by atoms with Gasteiger partial charge in [-0.15, -0.1) is 0 Å². The monoisotopic (exact) mass is 382 g/mol. The molecule has 2 aromatic rings. The zero-order valence-electron chi connectivity index (χ0n) is 16.6. The van der Waals surface area contributed by atoms with Gasteiger partial charge in [0, 0.05) is 57.1 Å². The van der Waals surface area contributed by atoms with E-state index in [4.69, 9.17) is 10.5 Å². The molecular formula is C22H30N4O2. The van der Waals surface area contributed by atoms with Crippen LogP contribution in [0, 0.1) is 6.92 Å². The van der Waals surface area contributed by atoms with Crippen LogP contribution in [0.4, 0.5) is 11.4 Å². The summed E-state index contributed by atoms with van der Waals surface area (Å²) in [6.45, 7) is 7.83. The molecule has 3 N–H and O–H groups in total. The maximum absolute atomic E-state index is 12.2. The van der Waals surface area contributed by atoms with Crippen LogP contribution in [0.3, 0.4) is 0 Å². The van der Waals surface area contributed by atoms with Crippen molar-refractivity contribution in [2.24, 2.45) is 5.73 Å². The van der Waals surface area contributed by atoms with Gasteiger partial charge in [-0.2, -0.15) is 0 Å². The Labute approximate surface area is 167 Å². The van der Waals surface area contributed by atoms with Crippen molar-refractivity contribution in [2.45, 2.75) is 13.3 Å². The lowest BCUT2D eigenvalue weighted by atomic mass is 10.2. The minimum atomic E-state index is 0.0386. The predicted octanol–water partition coefficient (Wildman–Crippen LogP) is 2.48. The standard InChI is InChI=1S/C22H30N4O2/c1-18-3-2-4-20(17-18)26-14-12-25(13-15-26)11-9-22(27)24-19-5-7-21(8-6-19)28-16-10-23/h2-8,17H,9-16,23H2,1H3,(H,24,27). The quantitative estimate of drug-likeness (QED) is 0.734. The average molecular weight is 383 g/mol. The van der Waals surface area contributed by atoms with E-state index in [1.165, 1.54) is 11.3 Å². The van der Waals surface area contributed by atoms with E-state index < -0.39 is 0 Å².